The zero-order chi connectivity index (χ0) is 14.5. The molecule has 0 spiro atoms. The zero-order valence-electron chi connectivity index (χ0n) is 11.3. The van der Waals surface area contributed by atoms with Gasteiger partial charge in [0.25, 0.3) is 5.91 Å². The highest BCUT2D eigenvalue weighted by Gasteiger charge is 2.11. The lowest BCUT2D eigenvalue weighted by Crippen LogP contribution is -2.15. The maximum absolute atomic E-state index is 13.4. The second-order valence-corrected chi connectivity index (χ2v) is 4.18. The van der Waals surface area contributed by atoms with Gasteiger partial charge < -0.3 is 10.6 Å². The quantitative estimate of drug-likeness (QED) is 0.899. The van der Waals surface area contributed by atoms with Crippen molar-refractivity contribution in [3.05, 3.63) is 47.7 Å². The van der Waals surface area contributed by atoms with Crippen LogP contribution in [0.25, 0.3) is 0 Å². The van der Waals surface area contributed by atoms with Crippen LogP contribution in [0.15, 0.2) is 30.6 Å². The van der Waals surface area contributed by atoms with Crippen LogP contribution in [-0.4, -0.2) is 22.4 Å². The number of carbonyl (C=O) groups excluding carboxylic acids is 1. The summed E-state index contributed by atoms with van der Waals surface area (Å²) in [7, 11) is 0. The molecule has 0 saturated heterocycles. The number of nitrogens with one attached hydrogen (secondary N) is 2. The van der Waals surface area contributed by atoms with E-state index in [0.29, 0.717) is 17.1 Å². The number of amides is 1. The number of anilines is 2. The summed E-state index contributed by atoms with van der Waals surface area (Å²) in [6, 6.07) is 4.52. The molecule has 0 atom stereocenters. The smallest absolute Gasteiger partial charge is 0.275 e. The van der Waals surface area contributed by atoms with Crippen LogP contribution in [0.1, 0.15) is 23.0 Å². The number of nitrogens with zero attached hydrogens (tertiary/aromatic N) is 2. The van der Waals surface area contributed by atoms with Crippen molar-refractivity contribution in [1.29, 1.82) is 0 Å². The van der Waals surface area contributed by atoms with Crippen LogP contribution in [0.5, 0.6) is 0 Å². The maximum atomic E-state index is 13.4. The average Bonchev–Trinajstić information content (AvgIpc) is 2.45. The number of benzene rings is 1. The largest absolute Gasteiger partial charge is 0.369 e. The normalized spacial score (nSPS) is 10.2. The third-order valence-corrected chi connectivity index (χ3v) is 2.76. The van der Waals surface area contributed by atoms with Crippen molar-refractivity contribution in [3.8, 4) is 0 Å². The van der Waals surface area contributed by atoms with E-state index in [1.807, 2.05) is 6.92 Å². The third-order valence-electron chi connectivity index (χ3n) is 2.76. The Balaban J connectivity index is 2.13. The van der Waals surface area contributed by atoms with E-state index in [9.17, 15) is 9.18 Å². The molecular formula is C14H15FN4O. The first-order valence-electron chi connectivity index (χ1n) is 6.24. The predicted molar refractivity (Wildman–Crippen MR) is 75.3 cm³/mol. The molecule has 20 heavy (non-hydrogen) atoms. The summed E-state index contributed by atoms with van der Waals surface area (Å²) in [6.45, 7) is 4.27. The Morgan fingerprint density at radius 2 is 2.10 bits per heavy atom. The van der Waals surface area contributed by atoms with Gasteiger partial charge in [-0.1, -0.05) is 6.07 Å². The first-order valence-corrected chi connectivity index (χ1v) is 6.24. The van der Waals surface area contributed by atoms with Gasteiger partial charge in [-0.15, -0.1) is 0 Å². The van der Waals surface area contributed by atoms with Crippen molar-refractivity contribution in [1.82, 2.24) is 9.97 Å². The molecule has 0 fully saturated rings. The highest BCUT2D eigenvalue weighted by Crippen LogP contribution is 2.18. The van der Waals surface area contributed by atoms with E-state index in [-0.39, 0.29) is 11.5 Å². The Kier molecular flexibility index (Phi) is 4.24. The summed E-state index contributed by atoms with van der Waals surface area (Å²) in [4.78, 5) is 20.1. The fraction of sp³-hybridized carbons (Fsp3) is 0.214. The fourth-order valence-corrected chi connectivity index (χ4v) is 1.65. The van der Waals surface area contributed by atoms with Crippen LogP contribution < -0.4 is 10.6 Å². The lowest BCUT2D eigenvalue weighted by molar-refractivity contribution is 0.102. The van der Waals surface area contributed by atoms with Crippen molar-refractivity contribution in [2.24, 2.45) is 0 Å². The molecule has 2 rings (SSSR count). The van der Waals surface area contributed by atoms with Crippen molar-refractivity contribution < 1.29 is 9.18 Å². The number of halogens is 1. The van der Waals surface area contributed by atoms with Gasteiger partial charge in [0.05, 0.1) is 12.4 Å². The van der Waals surface area contributed by atoms with Crippen molar-refractivity contribution in [2.75, 3.05) is 17.2 Å². The molecule has 6 heteroatoms. The molecule has 1 aromatic carbocycles. The van der Waals surface area contributed by atoms with Gasteiger partial charge in [-0.25, -0.2) is 14.4 Å². The van der Waals surface area contributed by atoms with Crippen LogP contribution in [0, 0.1) is 12.7 Å². The lowest BCUT2D eigenvalue weighted by atomic mass is 10.2. The summed E-state index contributed by atoms with van der Waals surface area (Å²) >= 11 is 0. The SMILES string of the molecule is CCNc1cnc(C(=O)Nc2cccc(F)c2C)cn1. The van der Waals surface area contributed by atoms with Crippen LogP contribution in [0.3, 0.4) is 0 Å². The summed E-state index contributed by atoms with van der Waals surface area (Å²) < 4.78 is 13.4. The Bertz CT molecular complexity index is 613. The van der Waals surface area contributed by atoms with Crippen LogP contribution >= 0.6 is 0 Å². The van der Waals surface area contributed by atoms with Crippen LogP contribution in [0.4, 0.5) is 15.9 Å². The molecule has 0 bridgehead atoms. The number of aromatic nitrogens is 2. The van der Waals surface area contributed by atoms with Gasteiger partial charge in [-0.2, -0.15) is 0 Å². The van der Waals surface area contributed by atoms with E-state index in [2.05, 4.69) is 20.6 Å². The second-order valence-electron chi connectivity index (χ2n) is 4.18. The molecule has 2 N–H and O–H groups in total. The highest BCUT2D eigenvalue weighted by molar-refractivity contribution is 6.03. The van der Waals surface area contributed by atoms with Crippen molar-refractivity contribution in [2.45, 2.75) is 13.8 Å². The molecule has 0 saturated carbocycles. The molecule has 1 heterocycles. The van der Waals surface area contributed by atoms with Crippen LogP contribution in [0.2, 0.25) is 0 Å². The molecule has 2 aromatic rings. The predicted octanol–water partition coefficient (Wildman–Crippen LogP) is 2.61. The fourth-order valence-electron chi connectivity index (χ4n) is 1.65. The number of rotatable bonds is 4. The molecule has 0 unspecified atom stereocenters. The molecular weight excluding hydrogens is 259 g/mol. The van der Waals surface area contributed by atoms with E-state index in [1.165, 1.54) is 24.5 Å². The van der Waals surface area contributed by atoms with Gasteiger partial charge in [0, 0.05) is 17.8 Å². The first kappa shape index (κ1) is 13.9. The Hall–Kier alpha value is -2.50. The molecule has 104 valence electrons. The third kappa shape index (κ3) is 3.09. The minimum atomic E-state index is -0.422. The summed E-state index contributed by atoms with van der Waals surface area (Å²) in [6.07, 6.45) is 2.86. The number of hydrogen-bond acceptors (Lipinski definition) is 4. The van der Waals surface area contributed by atoms with Gasteiger partial charge in [0.2, 0.25) is 0 Å². The number of carbonyl (C=O) groups is 1. The highest BCUT2D eigenvalue weighted by atomic mass is 19.1. The Morgan fingerprint density at radius 1 is 1.30 bits per heavy atom. The van der Waals surface area contributed by atoms with E-state index < -0.39 is 5.91 Å². The minimum absolute atomic E-state index is 0.176. The van der Waals surface area contributed by atoms with Gasteiger partial charge >= 0.3 is 0 Å². The maximum Gasteiger partial charge on any atom is 0.275 e. The molecule has 0 radical (unpaired) electrons. The monoisotopic (exact) mass is 274 g/mol. The number of hydrogen-bond donors (Lipinski definition) is 2. The first-order chi connectivity index (χ1) is 9.61. The summed E-state index contributed by atoms with van der Waals surface area (Å²) in [5.74, 6) is -0.184. The van der Waals surface area contributed by atoms with E-state index in [1.54, 1.807) is 13.0 Å². The molecule has 1 aromatic heterocycles. The van der Waals surface area contributed by atoms with Gasteiger partial charge in [0.15, 0.2) is 0 Å². The van der Waals surface area contributed by atoms with Crippen molar-refractivity contribution >= 4 is 17.4 Å². The Morgan fingerprint density at radius 3 is 2.75 bits per heavy atom. The van der Waals surface area contributed by atoms with E-state index in [4.69, 9.17) is 0 Å². The standard InChI is InChI=1S/C14H15FN4O/c1-3-16-13-8-17-12(7-18-13)14(20)19-11-6-4-5-10(15)9(11)2/h4-8H,3H2,1-2H3,(H,16,18)(H,19,20). The van der Waals surface area contributed by atoms with Crippen molar-refractivity contribution in [3.63, 3.8) is 0 Å². The Labute approximate surface area is 116 Å². The topological polar surface area (TPSA) is 66.9 Å². The minimum Gasteiger partial charge on any atom is -0.369 e. The molecule has 0 aliphatic carbocycles. The van der Waals surface area contributed by atoms with Gasteiger partial charge in [0.1, 0.15) is 17.3 Å². The van der Waals surface area contributed by atoms with Gasteiger partial charge in [-0.3, -0.25) is 4.79 Å². The van der Waals surface area contributed by atoms with Crippen LogP contribution in [-0.2, 0) is 0 Å². The van der Waals surface area contributed by atoms with E-state index >= 15 is 0 Å². The lowest BCUT2D eigenvalue weighted by Gasteiger charge is -2.08. The molecule has 0 aliphatic rings. The molecule has 5 nitrogen and oxygen atoms in total. The summed E-state index contributed by atoms with van der Waals surface area (Å²) in [5, 5.41) is 5.60. The average molecular weight is 274 g/mol. The van der Waals surface area contributed by atoms with E-state index in [0.717, 1.165) is 6.54 Å². The van der Waals surface area contributed by atoms with Gasteiger partial charge in [-0.05, 0) is 26.0 Å². The molecule has 1 amide bonds. The zero-order valence-corrected chi connectivity index (χ0v) is 11.3. The summed E-state index contributed by atoms with van der Waals surface area (Å²) in [5.41, 5.74) is 0.987. The second kappa shape index (κ2) is 6.10. The molecule has 0 aliphatic heterocycles.